The van der Waals surface area contributed by atoms with Crippen molar-refractivity contribution in [3.05, 3.63) is 120 Å². The predicted molar refractivity (Wildman–Crippen MR) is 122 cm³/mol. The van der Waals surface area contributed by atoms with Crippen LogP contribution in [-0.2, 0) is 38.8 Å². The highest BCUT2D eigenvalue weighted by Gasteiger charge is 2.37. The maximum Gasteiger partial charge on any atom is 0.275 e. The van der Waals surface area contributed by atoms with Crippen LogP contribution in [-0.4, -0.2) is 30.0 Å². The van der Waals surface area contributed by atoms with Gasteiger partial charge in [-0.2, -0.15) is 0 Å². The van der Waals surface area contributed by atoms with Gasteiger partial charge in [0.2, 0.25) is 0 Å². The van der Waals surface area contributed by atoms with Gasteiger partial charge < -0.3 is 24.1 Å². The lowest BCUT2D eigenvalue weighted by atomic mass is 10.0. The van der Waals surface area contributed by atoms with Crippen molar-refractivity contribution in [2.75, 3.05) is 6.61 Å². The number of hydrogen-bond acceptors (Lipinski definition) is 5. The van der Waals surface area contributed by atoms with E-state index in [0.717, 1.165) is 16.7 Å². The fraction of sp³-hybridized carbons (Fsp3) is 0.259. The van der Waals surface area contributed by atoms with Gasteiger partial charge in [0, 0.05) is 6.08 Å². The van der Waals surface area contributed by atoms with Crippen molar-refractivity contribution in [1.82, 2.24) is 0 Å². The first kappa shape index (κ1) is 22.1. The third-order valence-electron chi connectivity index (χ3n) is 5.23. The summed E-state index contributed by atoms with van der Waals surface area (Å²) in [5, 5.41) is 10.2. The van der Waals surface area contributed by atoms with E-state index >= 15 is 0 Å². The van der Waals surface area contributed by atoms with Crippen molar-refractivity contribution in [3.8, 4) is 0 Å². The molecular formula is C27H28O5. The van der Waals surface area contributed by atoms with Crippen LogP contribution >= 0.6 is 0 Å². The van der Waals surface area contributed by atoms with Crippen LogP contribution in [0.25, 0.3) is 0 Å². The summed E-state index contributed by atoms with van der Waals surface area (Å²) >= 11 is 0. The van der Waals surface area contributed by atoms with E-state index in [4.69, 9.17) is 18.9 Å². The van der Waals surface area contributed by atoms with E-state index in [9.17, 15) is 5.11 Å². The van der Waals surface area contributed by atoms with Gasteiger partial charge in [0.15, 0.2) is 6.10 Å². The number of ether oxygens (including phenoxy) is 4. The minimum absolute atomic E-state index is 0.170. The van der Waals surface area contributed by atoms with Crippen LogP contribution in [0.4, 0.5) is 0 Å². The van der Waals surface area contributed by atoms with Crippen LogP contribution in [0.15, 0.2) is 103 Å². The smallest absolute Gasteiger partial charge is 0.275 e. The molecule has 32 heavy (non-hydrogen) atoms. The van der Waals surface area contributed by atoms with Crippen molar-refractivity contribution in [3.63, 3.8) is 0 Å². The lowest BCUT2D eigenvalue weighted by Crippen LogP contribution is -2.47. The van der Waals surface area contributed by atoms with Crippen LogP contribution < -0.4 is 0 Å². The van der Waals surface area contributed by atoms with Gasteiger partial charge >= 0.3 is 0 Å². The predicted octanol–water partition coefficient (Wildman–Crippen LogP) is 5.17. The molecule has 3 atom stereocenters. The lowest BCUT2D eigenvalue weighted by Gasteiger charge is -2.35. The molecule has 0 spiro atoms. The Kier molecular flexibility index (Phi) is 7.93. The highest BCUT2D eigenvalue weighted by Crippen LogP contribution is 2.25. The summed E-state index contributed by atoms with van der Waals surface area (Å²) in [4.78, 5) is 0. The Labute approximate surface area is 188 Å². The Balaban J connectivity index is 1.43. The minimum Gasteiger partial charge on any atom is -0.481 e. The molecule has 1 aliphatic rings. The lowest BCUT2D eigenvalue weighted by molar-refractivity contribution is -0.168. The molecule has 0 bridgehead atoms. The van der Waals surface area contributed by atoms with Crippen molar-refractivity contribution in [2.24, 2.45) is 0 Å². The second kappa shape index (κ2) is 11.5. The minimum atomic E-state index is -0.506. The molecule has 0 saturated heterocycles. The Bertz CT molecular complexity index is 959. The van der Waals surface area contributed by atoms with Gasteiger partial charge in [-0.25, -0.2) is 0 Å². The van der Waals surface area contributed by atoms with E-state index in [-0.39, 0.29) is 12.6 Å². The largest absolute Gasteiger partial charge is 0.481 e. The molecule has 1 N–H and O–H groups in total. The fourth-order valence-corrected chi connectivity index (χ4v) is 3.58. The second-order valence-corrected chi connectivity index (χ2v) is 7.68. The first-order valence-electron chi connectivity index (χ1n) is 10.8. The summed E-state index contributed by atoms with van der Waals surface area (Å²) in [5.74, 6) is -0.170. The zero-order chi connectivity index (χ0) is 22.0. The number of hydrogen-bond donors (Lipinski definition) is 1. The number of aliphatic hydroxyl groups excluding tert-OH is 1. The first-order chi connectivity index (χ1) is 15.8. The third-order valence-corrected chi connectivity index (χ3v) is 5.23. The first-order valence-corrected chi connectivity index (χ1v) is 10.8. The normalized spacial score (nSPS) is 20.4. The van der Waals surface area contributed by atoms with Gasteiger partial charge in [0.1, 0.15) is 12.2 Å². The van der Waals surface area contributed by atoms with E-state index in [1.54, 1.807) is 6.08 Å². The molecule has 0 aromatic heterocycles. The molecule has 166 valence electrons. The van der Waals surface area contributed by atoms with E-state index in [0.29, 0.717) is 19.8 Å². The van der Waals surface area contributed by atoms with Crippen LogP contribution in [0.1, 0.15) is 16.7 Å². The maximum absolute atomic E-state index is 10.2. The molecule has 4 rings (SSSR count). The van der Waals surface area contributed by atoms with Crippen molar-refractivity contribution in [2.45, 2.75) is 38.1 Å². The molecular weight excluding hydrogens is 404 g/mol. The van der Waals surface area contributed by atoms with E-state index in [1.807, 2.05) is 91.0 Å². The molecule has 5 nitrogen and oxygen atoms in total. The summed E-state index contributed by atoms with van der Waals surface area (Å²) in [6.07, 6.45) is 0.142. The second-order valence-electron chi connectivity index (χ2n) is 7.68. The number of benzene rings is 3. The molecule has 0 unspecified atom stereocenters. The molecule has 0 radical (unpaired) electrons. The highest BCUT2D eigenvalue weighted by atomic mass is 16.6. The van der Waals surface area contributed by atoms with Crippen LogP contribution in [0.5, 0.6) is 0 Å². The molecule has 3 aromatic carbocycles. The molecule has 1 heterocycles. The molecule has 0 saturated carbocycles. The van der Waals surface area contributed by atoms with E-state index < -0.39 is 18.3 Å². The Morgan fingerprint density at radius 2 is 1.16 bits per heavy atom. The highest BCUT2D eigenvalue weighted by molar-refractivity contribution is 5.16. The van der Waals surface area contributed by atoms with Crippen LogP contribution in [0.2, 0.25) is 0 Å². The van der Waals surface area contributed by atoms with Gasteiger partial charge in [0.25, 0.3) is 5.95 Å². The van der Waals surface area contributed by atoms with Gasteiger partial charge in [-0.3, -0.25) is 0 Å². The molecule has 3 aromatic rings. The maximum atomic E-state index is 10.2. The molecule has 1 aliphatic heterocycles. The van der Waals surface area contributed by atoms with Crippen molar-refractivity contribution < 1.29 is 24.1 Å². The van der Waals surface area contributed by atoms with E-state index in [2.05, 4.69) is 0 Å². The molecule has 0 amide bonds. The summed E-state index contributed by atoms with van der Waals surface area (Å²) in [7, 11) is 0. The SMILES string of the molecule is OC1=C[C@@H](OCc2ccccc2)[C@H](OCc2ccccc2)[C@@H](COCc2ccccc2)O1. The summed E-state index contributed by atoms with van der Waals surface area (Å²) in [5.41, 5.74) is 3.17. The van der Waals surface area contributed by atoms with Crippen molar-refractivity contribution in [1.29, 1.82) is 0 Å². The quantitative estimate of drug-likeness (QED) is 0.479. The molecule has 0 aliphatic carbocycles. The molecule has 5 heteroatoms. The zero-order valence-electron chi connectivity index (χ0n) is 17.9. The van der Waals surface area contributed by atoms with Gasteiger partial charge in [-0.1, -0.05) is 91.0 Å². The Hall–Kier alpha value is -3.12. The fourth-order valence-electron chi connectivity index (χ4n) is 3.58. The number of aliphatic hydroxyl groups is 1. The van der Waals surface area contributed by atoms with Crippen LogP contribution in [0.3, 0.4) is 0 Å². The van der Waals surface area contributed by atoms with Crippen molar-refractivity contribution >= 4 is 0 Å². The Morgan fingerprint density at radius 3 is 1.72 bits per heavy atom. The molecule has 0 fully saturated rings. The standard InChI is InChI=1S/C27H28O5/c28-26-16-24(30-18-22-12-6-2-7-13-22)27(31-19-23-14-8-3-9-15-23)25(32-26)20-29-17-21-10-4-1-5-11-21/h1-16,24-25,27-28H,17-20H2/t24-,25-,27+/m1/s1. The van der Waals surface area contributed by atoms with Gasteiger partial charge in [0.05, 0.1) is 26.4 Å². The monoisotopic (exact) mass is 432 g/mol. The van der Waals surface area contributed by atoms with Crippen LogP contribution in [0, 0.1) is 0 Å². The zero-order valence-corrected chi connectivity index (χ0v) is 17.9. The number of rotatable bonds is 10. The average molecular weight is 433 g/mol. The Morgan fingerprint density at radius 1 is 0.656 bits per heavy atom. The summed E-state index contributed by atoms with van der Waals surface area (Å²) in [6, 6.07) is 29.8. The van der Waals surface area contributed by atoms with E-state index in [1.165, 1.54) is 0 Å². The topological polar surface area (TPSA) is 57.2 Å². The average Bonchev–Trinajstić information content (AvgIpc) is 2.84. The summed E-state index contributed by atoms with van der Waals surface area (Å²) < 4.78 is 24.0. The summed E-state index contributed by atoms with van der Waals surface area (Å²) in [6.45, 7) is 1.52. The third kappa shape index (κ3) is 6.44. The van der Waals surface area contributed by atoms with Gasteiger partial charge in [-0.15, -0.1) is 0 Å². The van der Waals surface area contributed by atoms with Gasteiger partial charge in [-0.05, 0) is 16.7 Å².